The van der Waals surface area contributed by atoms with Crippen LogP contribution in [0.1, 0.15) is 16.8 Å². The predicted molar refractivity (Wildman–Crippen MR) is 119 cm³/mol. The summed E-state index contributed by atoms with van der Waals surface area (Å²) in [4.78, 5) is 14.9. The van der Waals surface area contributed by atoms with Gasteiger partial charge in [-0.15, -0.1) is 0 Å². The van der Waals surface area contributed by atoms with Crippen LogP contribution in [0.5, 0.6) is 5.75 Å². The topological polar surface area (TPSA) is 88.2 Å². The minimum absolute atomic E-state index is 0.165. The highest BCUT2D eigenvalue weighted by molar-refractivity contribution is 7.92. The number of carbonyl (C=O) groups excluding carboxylic acids is 1. The van der Waals surface area contributed by atoms with Crippen LogP contribution in [-0.4, -0.2) is 72.8 Å². The third-order valence-corrected chi connectivity index (χ3v) is 7.05. The zero-order valence-electron chi connectivity index (χ0n) is 17.9. The van der Waals surface area contributed by atoms with Crippen molar-refractivity contribution in [1.29, 1.82) is 0 Å². The third-order valence-electron chi connectivity index (χ3n) is 5.25. The Morgan fingerprint density at radius 2 is 1.74 bits per heavy atom. The first kappa shape index (κ1) is 23.1. The second-order valence-corrected chi connectivity index (χ2v) is 9.23. The van der Waals surface area contributed by atoms with Crippen molar-refractivity contribution in [2.45, 2.75) is 11.3 Å². The summed E-state index contributed by atoms with van der Waals surface area (Å²) >= 11 is 0. The van der Waals surface area contributed by atoms with Gasteiger partial charge in [-0.25, -0.2) is 8.42 Å². The number of carbonyl (C=O) groups is 1. The summed E-state index contributed by atoms with van der Waals surface area (Å²) in [5.41, 5.74) is 0.963. The molecule has 0 spiro atoms. The molecule has 0 saturated carbocycles. The Labute approximate surface area is 183 Å². The lowest BCUT2D eigenvalue weighted by molar-refractivity contribution is 0.0374. The summed E-state index contributed by atoms with van der Waals surface area (Å²) < 4.78 is 37.3. The van der Waals surface area contributed by atoms with E-state index in [1.54, 1.807) is 36.4 Å². The second-order valence-electron chi connectivity index (χ2n) is 7.26. The van der Waals surface area contributed by atoms with Crippen LogP contribution in [0.2, 0.25) is 0 Å². The van der Waals surface area contributed by atoms with Gasteiger partial charge >= 0.3 is 0 Å². The van der Waals surface area contributed by atoms with Gasteiger partial charge in [0.2, 0.25) is 0 Å². The first-order valence-electron chi connectivity index (χ1n) is 10.2. The molecule has 0 radical (unpaired) electrons. The molecule has 1 saturated heterocycles. The number of nitrogens with zero attached hydrogens (tertiary/aromatic N) is 2. The maximum Gasteiger partial charge on any atom is 0.264 e. The number of methoxy groups -OCH3 is 1. The van der Waals surface area contributed by atoms with Gasteiger partial charge in [0.15, 0.2) is 0 Å². The number of sulfonamides is 1. The second kappa shape index (κ2) is 10.6. The van der Waals surface area contributed by atoms with Crippen molar-refractivity contribution in [2.24, 2.45) is 0 Å². The fraction of sp³-hybridized carbons (Fsp3) is 0.409. The molecule has 0 atom stereocenters. The molecule has 1 fully saturated rings. The van der Waals surface area contributed by atoms with Crippen molar-refractivity contribution in [3.63, 3.8) is 0 Å². The van der Waals surface area contributed by atoms with Gasteiger partial charge < -0.3 is 14.8 Å². The van der Waals surface area contributed by atoms with Crippen LogP contribution >= 0.6 is 0 Å². The summed E-state index contributed by atoms with van der Waals surface area (Å²) in [5, 5.41) is 2.91. The van der Waals surface area contributed by atoms with Crippen LogP contribution in [-0.2, 0) is 14.8 Å². The molecule has 0 aliphatic carbocycles. The first-order chi connectivity index (χ1) is 14.9. The van der Waals surface area contributed by atoms with Crippen molar-refractivity contribution in [2.75, 3.05) is 57.9 Å². The SMILES string of the molecule is COc1ccc(S(=O)(=O)N(C)c2ccc(C(=O)NCCCN3CCOCC3)cc2)cc1. The summed E-state index contributed by atoms with van der Waals surface area (Å²) in [5.74, 6) is 0.413. The summed E-state index contributed by atoms with van der Waals surface area (Å²) in [6, 6.07) is 12.7. The summed E-state index contributed by atoms with van der Waals surface area (Å²) in [6.07, 6.45) is 0.868. The maximum atomic E-state index is 12.8. The molecule has 1 N–H and O–H groups in total. The van der Waals surface area contributed by atoms with E-state index < -0.39 is 10.0 Å². The standard InChI is InChI=1S/C22H29N3O5S/c1-24(31(27,28)21-10-8-20(29-2)9-11-21)19-6-4-18(5-7-19)22(26)23-12-3-13-25-14-16-30-17-15-25/h4-11H,3,12-17H2,1-2H3,(H,23,26). The highest BCUT2D eigenvalue weighted by atomic mass is 32.2. The lowest BCUT2D eigenvalue weighted by Gasteiger charge is -2.26. The smallest absolute Gasteiger partial charge is 0.264 e. The van der Waals surface area contributed by atoms with Gasteiger partial charge in [-0.2, -0.15) is 0 Å². The zero-order valence-corrected chi connectivity index (χ0v) is 18.7. The Hall–Kier alpha value is -2.62. The number of rotatable bonds is 9. The molecule has 0 aromatic heterocycles. The molecule has 9 heteroatoms. The van der Waals surface area contributed by atoms with Crippen molar-refractivity contribution in [3.05, 3.63) is 54.1 Å². The number of ether oxygens (including phenoxy) is 2. The Morgan fingerprint density at radius 3 is 2.35 bits per heavy atom. The van der Waals surface area contributed by atoms with Crippen LogP contribution in [0.15, 0.2) is 53.4 Å². The highest BCUT2D eigenvalue weighted by Crippen LogP contribution is 2.24. The average Bonchev–Trinajstić information content (AvgIpc) is 2.82. The fourth-order valence-corrected chi connectivity index (χ4v) is 4.49. The van der Waals surface area contributed by atoms with Crippen LogP contribution in [0, 0.1) is 0 Å². The van der Waals surface area contributed by atoms with E-state index in [0.717, 1.165) is 39.3 Å². The minimum Gasteiger partial charge on any atom is -0.497 e. The summed E-state index contributed by atoms with van der Waals surface area (Å²) in [6.45, 7) is 4.91. The Balaban J connectivity index is 1.54. The highest BCUT2D eigenvalue weighted by Gasteiger charge is 2.21. The zero-order chi connectivity index (χ0) is 22.3. The molecule has 2 aromatic carbocycles. The lowest BCUT2D eigenvalue weighted by Crippen LogP contribution is -2.38. The molecular weight excluding hydrogens is 418 g/mol. The molecule has 31 heavy (non-hydrogen) atoms. The van der Waals surface area contributed by atoms with E-state index in [4.69, 9.17) is 9.47 Å². The molecule has 1 aliphatic rings. The molecule has 0 unspecified atom stereocenters. The van der Waals surface area contributed by atoms with Gasteiger partial charge in [-0.1, -0.05) is 0 Å². The van der Waals surface area contributed by atoms with E-state index in [0.29, 0.717) is 23.5 Å². The van der Waals surface area contributed by atoms with E-state index in [1.807, 2.05) is 0 Å². The Bertz CT molecular complexity index is 956. The van der Waals surface area contributed by atoms with Crippen molar-refractivity contribution in [3.8, 4) is 5.75 Å². The van der Waals surface area contributed by atoms with Crippen molar-refractivity contribution < 1.29 is 22.7 Å². The first-order valence-corrected chi connectivity index (χ1v) is 11.7. The van der Waals surface area contributed by atoms with E-state index >= 15 is 0 Å². The van der Waals surface area contributed by atoms with Crippen LogP contribution in [0.25, 0.3) is 0 Å². The quantitative estimate of drug-likeness (QED) is 0.592. The van der Waals surface area contributed by atoms with Gasteiger partial charge in [-0.3, -0.25) is 14.0 Å². The van der Waals surface area contributed by atoms with Crippen molar-refractivity contribution >= 4 is 21.6 Å². The monoisotopic (exact) mass is 447 g/mol. The molecule has 1 amide bonds. The minimum atomic E-state index is -3.71. The van der Waals surface area contributed by atoms with E-state index in [1.165, 1.54) is 30.6 Å². The number of benzene rings is 2. The Kier molecular flexibility index (Phi) is 7.89. The molecular formula is C22H29N3O5S. The molecule has 1 heterocycles. The lowest BCUT2D eigenvalue weighted by atomic mass is 10.2. The van der Waals surface area contributed by atoms with Gasteiger partial charge in [-0.05, 0) is 61.5 Å². The van der Waals surface area contributed by atoms with Gasteiger partial charge in [0.1, 0.15) is 5.75 Å². The van der Waals surface area contributed by atoms with E-state index in [2.05, 4.69) is 10.2 Å². The van der Waals surface area contributed by atoms with Gasteiger partial charge in [0.25, 0.3) is 15.9 Å². The molecule has 8 nitrogen and oxygen atoms in total. The molecule has 3 rings (SSSR count). The van der Waals surface area contributed by atoms with Crippen molar-refractivity contribution in [1.82, 2.24) is 10.2 Å². The Morgan fingerprint density at radius 1 is 1.10 bits per heavy atom. The largest absolute Gasteiger partial charge is 0.497 e. The molecule has 0 bridgehead atoms. The molecule has 1 aliphatic heterocycles. The van der Waals surface area contributed by atoms with Crippen LogP contribution < -0.4 is 14.4 Å². The number of anilines is 1. The average molecular weight is 448 g/mol. The molecule has 168 valence electrons. The van der Waals surface area contributed by atoms with Crippen LogP contribution in [0.3, 0.4) is 0 Å². The number of hydrogen-bond acceptors (Lipinski definition) is 6. The summed E-state index contributed by atoms with van der Waals surface area (Å²) in [7, 11) is -0.703. The number of morpholine rings is 1. The van der Waals surface area contributed by atoms with Gasteiger partial charge in [0.05, 0.1) is 30.9 Å². The number of nitrogens with one attached hydrogen (secondary N) is 1. The van der Waals surface area contributed by atoms with E-state index in [9.17, 15) is 13.2 Å². The molecule has 2 aromatic rings. The normalized spacial score (nSPS) is 14.8. The number of amides is 1. The number of hydrogen-bond donors (Lipinski definition) is 1. The van der Waals surface area contributed by atoms with E-state index in [-0.39, 0.29) is 10.8 Å². The fourth-order valence-electron chi connectivity index (χ4n) is 3.30. The van der Waals surface area contributed by atoms with Crippen LogP contribution in [0.4, 0.5) is 5.69 Å². The predicted octanol–water partition coefficient (Wildman–Crippen LogP) is 1.97. The maximum absolute atomic E-state index is 12.8. The third kappa shape index (κ3) is 5.96. The van der Waals surface area contributed by atoms with Gasteiger partial charge in [0, 0.05) is 32.2 Å².